The summed E-state index contributed by atoms with van der Waals surface area (Å²) in [5.74, 6) is -0.183. The third-order valence-electron chi connectivity index (χ3n) is 7.76. The van der Waals surface area contributed by atoms with Crippen molar-refractivity contribution >= 4 is 28.5 Å². The molecule has 2 aliphatic rings. The number of fused-ring (bicyclic) bond motifs is 2. The molecule has 0 saturated heterocycles. The van der Waals surface area contributed by atoms with Gasteiger partial charge < -0.3 is 5.32 Å². The minimum atomic E-state index is -0.565. The standard InChI is InChI=1S/C31H33N3O3/c1-20-18-30(4,5)33(28(35)21-11-14-23(15-12-21)34(36)37)27-16-13-22(17-24(20)27)31(6)19-29(2,3)32-26-10-8-7-9-25(26)31/h7-18,32H,19H2,1-6H3/t31-/m0/s1. The second-order valence-electron chi connectivity index (χ2n) is 11.7. The summed E-state index contributed by atoms with van der Waals surface area (Å²) in [6, 6.07) is 20.8. The highest BCUT2D eigenvalue weighted by molar-refractivity contribution is 6.10. The first-order valence-corrected chi connectivity index (χ1v) is 12.6. The maximum Gasteiger partial charge on any atom is 0.269 e. The molecule has 0 bridgehead atoms. The van der Waals surface area contributed by atoms with E-state index in [0.717, 1.165) is 28.9 Å². The lowest BCUT2D eigenvalue weighted by atomic mass is 9.65. The quantitative estimate of drug-likeness (QED) is 0.305. The van der Waals surface area contributed by atoms with Crippen LogP contribution in [0.4, 0.5) is 17.1 Å². The molecule has 2 heterocycles. The molecule has 3 aromatic rings. The van der Waals surface area contributed by atoms with Crippen LogP contribution < -0.4 is 10.2 Å². The molecule has 0 unspecified atom stereocenters. The predicted molar refractivity (Wildman–Crippen MR) is 149 cm³/mol. The van der Waals surface area contributed by atoms with Gasteiger partial charge >= 0.3 is 0 Å². The fourth-order valence-corrected chi connectivity index (χ4v) is 6.32. The molecule has 37 heavy (non-hydrogen) atoms. The first kappa shape index (κ1) is 24.8. The second-order valence-corrected chi connectivity index (χ2v) is 11.7. The number of benzene rings is 3. The van der Waals surface area contributed by atoms with E-state index in [2.05, 4.69) is 81.6 Å². The molecule has 1 amide bonds. The number of nitrogens with zero attached hydrogens (tertiary/aromatic N) is 2. The fraction of sp³-hybridized carbons (Fsp3) is 0.323. The lowest BCUT2D eigenvalue weighted by Gasteiger charge is -2.47. The summed E-state index contributed by atoms with van der Waals surface area (Å²) in [6.45, 7) is 12.9. The Hall–Kier alpha value is -3.93. The van der Waals surface area contributed by atoms with Gasteiger partial charge in [0.1, 0.15) is 0 Å². The highest BCUT2D eigenvalue weighted by Gasteiger charge is 2.43. The average molecular weight is 496 g/mol. The Kier molecular flexibility index (Phi) is 5.55. The van der Waals surface area contributed by atoms with E-state index in [1.807, 2.05) is 18.7 Å². The van der Waals surface area contributed by atoms with Gasteiger partial charge in [0.2, 0.25) is 0 Å². The molecule has 0 saturated carbocycles. The number of carbonyl (C=O) groups excluding carboxylic acids is 1. The van der Waals surface area contributed by atoms with E-state index in [0.29, 0.717) is 5.56 Å². The third-order valence-corrected chi connectivity index (χ3v) is 7.76. The molecule has 2 aliphatic heterocycles. The van der Waals surface area contributed by atoms with Gasteiger partial charge in [-0.2, -0.15) is 0 Å². The largest absolute Gasteiger partial charge is 0.380 e. The Morgan fingerprint density at radius 3 is 2.32 bits per heavy atom. The SMILES string of the molecule is CC1=CC(C)(C)N(C(=O)c2ccc([N+](=O)[O-])cc2)c2ccc([C@]3(C)CC(C)(C)Nc4ccccc43)cc21. The summed E-state index contributed by atoms with van der Waals surface area (Å²) in [7, 11) is 0. The normalized spacial score (nSPS) is 21.2. The summed E-state index contributed by atoms with van der Waals surface area (Å²) >= 11 is 0. The third kappa shape index (κ3) is 4.10. The predicted octanol–water partition coefficient (Wildman–Crippen LogP) is 7.34. The van der Waals surface area contributed by atoms with E-state index in [1.165, 1.54) is 35.4 Å². The van der Waals surface area contributed by atoms with Gasteiger partial charge in [-0.05, 0) is 88.1 Å². The molecule has 6 heteroatoms. The number of amides is 1. The molecule has 6 nitrogen and oxygen atoms in total. The van der Waals surface area contributed by atoms with Crippen molar-refractivity contribution in [3.05, 3.63) is 105 Å². The molecule has 3 aromatic carbocycles. The van der Waals surface area contributed by atoms with E-state index >= 15 is 0 Å². The number of hydrogen-bond donors (Lipinski definition) is 1. The molecular formula is C31H33N3O3. The first-order chi connectivity index (χ1) is 17.3. The first-order valence-electron chi connectivity index (χ1n) is 12.6. The van der Waals surface area contributed by atoms with Gasteiger partial charge in [-0.15, -0.1) is 0 Å². The van der Waals surface area contributed by atoms with E-state index in [9.17, 15) is 14.9 Å². The number of rotatable bonds is 3. The minimum Gasteiger partial charge on any atom is -0.380 e. The van der Waals surface area contributed by atoms with Gasteiger partial charge in [0, 0.05) is 39.9 Å². The van der Waals surface area contributed by atoms with Crippen molar-refractivity contribution in [2.75, 3.05) is 10.2 Å². The number of anilines is 2. The topological polar surface area (TPSA) is 75.5 Å². The van der Waals surface area contributed by atoms with E-state index in [1.54, 1.807) is 0 Å². The average Bonchev–Trinajstić information content (AvgIpc) is 2.82. The van der Waals surface area contributed by atoms with Crippen LogP contribution in [0.5, 0.6) is 0 Å². The zero-order chi connectivity index (χ0) is 26.8. The molecule has 190 valence electrons. The van der Waals surface area contributed by atoms with Crippen LogP contribution in [0.25, 0.3) is 5.57 Å². The molecule has 0 aromatic heterocycles. The van der Waals surface area contributed by atoms with E-state index in [-0.39, 0.29) is 22.5 Å². The second kappa shape index (κ2) is 8.30. The summed E-state index contributed by atoms with van der Waals surface area (Å²) in [6.07, 6.45) is 3.06. The van der Waals surface area contributed by atoms with Crippen molar-refractivity contribution in [2.45, 2.75) is 64.5 Å². The maximum atomic E-state index is 13.8. The van der Waals surface area contributed by atoms with Gasteiger partial charge in [0.05, 0.1) is 16.1 Å². The van der Waals surface area contributed by atoms with E-state index < -0.39 is 10.5 Å². The van der Waals surface area contributed by atoms with Gasteiger partial charge in [-0.1, -0.05) is 37.3 Å². The molecule has 0 fully saturated rings. The van der Waals surface area contributed by atoms with E-state index in [4.69, 9.17) is 0 Å². The maximum absolute atomic E-state index is 13.8. The van der Waals surface area contributed by atoms with Crippen LogP contribution in [0.2, 0.25) is 0 Å². The molecule has 0 spiro atoms. The Morgan fingerprint density at radius 1 is 0.973 bits per heavy atom. The minimum absolute atomic E-state index is 0.0337. The van der Waals surface area contributed by atoms with Crippen molar-refractivity contribution in [3.8, 4) is 0 Å². The number of allylic oxidation sites excluding steroid dienone is 1. The van der Waals surface area contributed by atoms with Crippen molar-refractivity contribution in [1.82, 2.24) is 0 Å². The highest BCUT2D eigenvalue weighted by atomic mass is 16.6. The number of non-ortho nitro benzene ring substituents is 1. The summed E-state index contributed by atoms with van der Waals surface area (Å²) < 4.78 is 0. The lowest BCUT2D eigenvalue weighted by molar-refractivity contribution is -0.384. The van der Waals surface area contributed by atoms with Gasteiger partial charge in [-0.3, -0.25) is 19.8 Å². The van der Waals surface area contributed by atoms with Crippen LogP contribution >= 0.6 is 0 Å². The zero-order valence-corrected chi connectivity index (χ0v) is 22.3. The lowest BCUT2D eigenvalue weighted by Crippen LogP contribution is -2.49. The number of para-hydroxylation sites is 1. The van der Waals surface area contributed by atoms with Crippen molar-refractivity contribution in [3.63, 3.8) is 0 Å². The van der Waals surface area contributed by atoms with Crippen LogP contribution in [0.15, 0.2) is 72.8 Å². The fourth-order valence-electron chi connectivity index (χ4n) is 6.32. The van der Waals surface area contributed by atoms with Crippen molar-refractivity contribution in [2.24, 2.45) is 0 Å². The summed E-state index contributed by atoms with van der Waals surface area (Å²) in [5, 5.41) is 14.8. The monoisotopic (exact) mass is 495 g/mol. The summed E-state index contributed by atoms with van der Waals surface area (Å²) in [4.78, 5) is 26.2. The van der Waals surface area contributed by atoms with Crippen LogP contribution in [-0.4, -0.2) is 21.9 Å². The number of nitrogens with one attached hydrogen (secondary N) is 1. The highest BCUT2D eigenvalue weighted by Crippen LogP contribution is 2.49. The number of carbonyl (C=O) groups is 1. The van der Waals surface area contributed by atoms with Crippen molar-refractivity contribution in [1.29, 1.82) is 0 Å². The van der Waals surface area contributed by atoms with Gasteiger partial charge in [0.15, 0.2) is 0 Å². The molecule has 1 atom stereocenters. The molecular weight excluding hydrogens is 462 g/mol. The Morgan fingerprint density at radius 2 is 1.65 bits per heavy atom. The molecule has 5 rings (SSSR count). The number of hydrogen-bond acceptors (Lipinski definition) is 4. The summed E-state index contributed by atoms with van der Waals surface area (Å²) in [5.41, 5.74) is 6.17. The Bertz CT molecular complexity index is 1450. The zero-order valence-electron chi connectivity index (χ0n) is 22.3. The van der Waals surface area contributed by atoms with Gasteiger partial charge in [0.25, 0.3) is 11.6 Å². The van der Waals surface area contributed by atoms with Crippen LogP contribution in [-0.2, 0) is 5.41 Å². The Balaban J connectivity index is 1.61. The molecule has 0 aliphatic carbocycles. The van der Waals surface area contributed by atoms with Crippen LogP contribution in [0.3, 0.4) is 0 Å². The van der Waals surface area contributed by atoms with Crippen LogP contribution in [0, 0.1) is 10.1 Å². The van der Waals surface area contributed by atoms with Crippen LogP contribution in [0.1, 0.15) is 75.0 Å². The molecule has 1 N–H and O–H groups in total. The smallest absolute Gasteiger partial charge is 0.269 e. The Labute approximate surface area is 218 Å². The number of nitro groups is 1. The van der Waals surface area contributed by atoms with Crippen molar-refractivity contribution < 1.29 is 9.72 Å². The molecule has 0 radical (unpaired) electrons. The number of nitro benzene ring substituents is 1. The van der Waals surface area contributed by atoms with Gasteiger partial charge in [-0.25, -0.2) is 0 Å².